The van der Waals surface area contributed by atoms with Gasteiger partial charge in [0.2, 0.25) is 17.7 Å². The number of nitrogens with one attached hydrogen (secondary N) is 11. The van der Waals surface area contributed by atoms with Crippen LogP contribution in [0.5, 0.6) is 0 Å². The molecule has 0 atom stereocenters. The summed E-state index contributed by atoms with van der Waals surface area (Å²) >= 11 is 0. The Labute approximate surface area is 747 Å². The number of carbonyl (C=O) groups excluding carboxylic acids is 4. The largest absolute Gasteiger partial charge is 0.356 e. The quantitative estimate of drug-likeness (QED) is 0.0346. The molecule has 738 valence electrons. The van der Waals surface area contributed by atoms with Gasteiger partial charge >= 0.3 is 0 Å². The van der Waals surface area contributed by atoms with Crippen molar-refractivity contribution < 1.29 is 19.2 Å². The molecule has 0 heterocycles. The lowest BCUT2D eigenvalue weighted by Crippen LogP contribution is -2.25. The van der Waals surface area contributed by atoms with Crippen LogP contribution in [0.1, 0.15) is 329 Å². The molecule has 0 bridgehead atoms. The molecule has 0 spiro atoms. The summed E-state index contributed by atoms with van der Waals surface area (Å²) < 4.78 is 0. The summed E-state index contributed by atoms with van der Waals surface area (Å²) in [7, 11) is 0. The average Bonchev–Trinajstić information content (AvgIpc) is 1.27. The highest BCUT2D eigenvalue weighted by Gasteiger charge is 2.00. The van der Waals surface area contributed by atoms with Crippen molar-refractivity contribution in [2.24, 2.45) is 91.7 Å². The molecule has 0 saturated carbocycles. The molecule has 31 nitrogen and oxygen atoms in total. The summed E-state index contributed by atoms with van der Waals surface area (Å²) in [6.07, 6.45) is 56.1. The van der Waals surface area contributed by atoms with E-state index in [9.17, 15) is 19.2 Å². The zero-order chi connectivity index (χ0) is 92.1. The molecule has 3 amide bonds. The molecular weight excluding hydrogens is 1520 g/mol. The van der Waals surface area contributed by atoms with Crippen molar-refractivity contribution in [3.8, 4) is 0 Å². The maximum Gasteiger partial charge on any atom is 0.216 e. The minimum atomic E-state index is 0.0446. The normalized spacial score (nSPS) is 10.3. The van der Waals surface area contributed by atoms with Gasteiger partial charge in [0, 0.05) is 46.8 Å². The molecule has 0 fully saturated rings. The van der Waals surface area contributed by atoms with Crippen molar-refractivity contribution >= 4 is 23.5 Å². The zero-order valence-corrected chi connectivity index (χ0v) is 80.4. The van der Waals surface area contributed by atoms with Crippen LogP contribution in [0.25, 0.3) is 0 Å². The van der Waals surface area contributed by atoms with Crippen LogP contribution >= 0.6 is 0 Å². The van der Waals surface area contributed by atoms with E-state index in [-0.39, 0.29) is 17.7 Å². The van der Waals surface area contributed by atoms with Gasteiger partial charge in [-0.05, 0) is 390 Å². The fourth-order valence-electron chi connectivity index (χ4n) is 10.7. The monoisotopic (exact) mass is 1740 g/mol. The van der Waals surface area contributed by atoms with Crippen LogP contribution in [-0.4, -0.2) is 253 Å². The summed E-state index contributed by atoms with van der Waals surface area (Å²) in [6.45, 7) is 38.3. The minimum absolute atomic E-state index is 0.0446. The van der Waals surface area contributed by atoms with Gasteiger partial charge in [0.05, 0.1) is 0 Å². The number of Topliss-reactive ketones (excluding diaryl/α,β-unsaturated/α-hetero) is 1. The van der Waals surface area contributed by atoms with Crippen molar-refractivity contribution in [1.82, 2.24) is 58.5 Å². The van der Waals surface area contributed by atoms with Crippen molar-refractivity contribution in [3.05, 3.63) is 0 Å². The van der Waals surface area contributed by atoms with Crippen molar-refractivity contribution in [3.63, 3.8) is 0 Å². The van der Waals surface area contributed by atoms with Crippen LogP contribution in [0.4, 0.5) is 0 Å². The standard InChI is InChI=1S/C16H32N2O2.C13H29N3O.C13H31N3.C11H27N3.C9H24N4.C9H21N3O.C7H19N3.C5H14N2.C4H12N2.C3H10N2/c1-15(19)11-8-6-4-3-5-7-9-12-17-13-10-14-18-16(2)20;1-13(17)16-12-8-11-15-10-7-5-3-2-4-6-9-14;14-10-6-4-2-1-3-5-8-12-16-13-9-7-11-15;12-8-5-3-1-2-4-6-10-14-11-7-9-13;10-4-1-6-12-8-3-9-13-7-2-5-11;1-9(13)12-8-4-7-11-6-3-2-5-10;8-4-1-2-6-10-7-3-5-9;6-4-2-1-3-5-7;5-3-1-2-4-6;4-2-1-3-5/h17H,3-14H2,1-2H3,(H,18,20);15H,2-12,14H2,1H3,(H,16,17);16H,1-15H2;14H,1-13H2;12-13H,1-11H2;11H,2-8,10H2,1H3,(H,12,13);10H,1-9H2;1-7H2;1-6H2;1-5H2. The molecule has 121 heavy (non-hydrogen) atoms. The first-order valence-electron chi connectivity index (χ1n) is 49.2. The van der Waals surface area contributed by atoms with Gasteiger partial charge in [-0.15, -0.1) is 0 Å². The van der Waals surface area contributed by atoms with Gasteiger partial charge in [-0.3, -0.25) is 14.4 Å². The number of unbranched alkanes of at least 4 members (excludes halogenated alkanes) is 28. The summed E-state index contributed by atoms with van der Waals surface area (Å²) in [5.41, 5.74) is 84.7. The predicted molar refractivity (Wildman–Crippen MR) is 532 cm³/mol. The first-order valence-corrected chi connectivity index (χ1v) is 49.2. The van der Waals surface area contributed by atoms with Gasteiger partial charge in [0.25, 0.3) is 0 Å². The van der Waals surface area contributed by atoms with Crippen LogP contribution < -0.4 is 150 Å². The highest BCUT2D eigenvalue weighted by Crippen LogP contribution is 2.10. The van der Waals surface area contributed by atoms with Crippen molar-refractivity contribution in [2.75, 3.05) is 229 Å². The first-order chi connectivity index (χ1) is 59.1. The molecule has 0 aliphatic heterocycles. The molecule has 0 saturated heterocycles. The summed E-state index contributed by atoms with van der Waals surface area (Å²) in [4.78, 5) is 42.4. The number of amides is 3. The van der Waals surface area contributed by atoms with E-state index in [1.807, 2.05) is 0 Å². The van der Waals surface area contributed by atoms with Crippen LogP contribution in [0.15, 0.2) is 0 Å². The molecule has 43 N–H and O–H groups in total. The number of hydrogen-bond donors (Lipinski definition) is 27. The smallest absolute Gasteiger partial charge is 0.216 e. The molecular formula is C90H219N27O4. The van der Waals surface area contributed by atoms with Gasteiger partial charge in [0.1, 0.15) is 5.78 Å². The van der Waals surface area contributed by atoms with Gasteiger partial charge in [-0.25, -0.2) is 0 Å². The van der Waals surface area contributed by atoms with Gasteiger partial charge < -0.3 is 155 Å². The van der Waals surface area contributed by atoms with E-state index in [1.54, 1.807) is 20.8 Å². The second-order valence-electron chi connectivity index (χ2n) is 30.8. The third-order valence-electron chi connectivity index (χ3n) is 18.1. The number of rotatable bonds is 84. The van der Waals surface area contributed by atoms with Crippen LogP contribution in [0, 0.1) is 0 Å². The zero-order valence-electron chi connectivity index (χ0n) is 80.4. The number of hydrogen-bond acceptors (Lipinski definition) is 28. The number of nitrogens with two attached hydrogens (primary N) is 16. The minimum Gasteiger partial charge on any atom is -0.356 e. The molecule has 0 unspecified atom stereocenters. The van der Waals surface area contributed by atoms with E-state index in [1.165, 1.54) is 200 Å². The Balaban J connectivity index is -0.000000144. The Hall–Kier alpha value is -2.88. The number of ketones is 1. The molecule has 0 aliphatic rings. The van der Waals surface area contributed by atoms with Crippen LogP contribution in [-0.2, 0) is 19.2 Å². The molecule has 0 aromatic carbocycles. The summed E-state index contributed by atoms with van der Waals surface area (Å²) in [5.74, 6) is 0.466. The van der Waals surface area contributed by atoms with Gasteiger partial charge in [0.15, 0.2) is 0 Å². The second-order valence-corrected chi connectivity index (χ2v) is 30.8. The Kier molecular flexibility index (Phi) is 173. The highest BCUT2D eigenvalue weighted by atomic mass is 16.2. The Morgan fingerprint density at radius 1 is 0.140 bits per heavy atom. The lowest BCUT2D eigenvalue weighted by Gasteiger charge is -2.05. The molecule has 31 heteroatoms. The van der Waals surface area contributed by atoms with Crippen LogP contribution in [0.3, 0.4) is 0 Å². The maximum atomic E-state index is 10.8. The van der Waals surface area contributed by atoms with Crippen LogP contribution in [0.2, 0.25) is 0 Å². The second kappa shape index (κ2) is 151. The summed E-state index contributed by atoms with van der Waals surface area (Å²) in [6, 6.07) is 0. The number of carbonyl (C=O) groups is 4. The Morgan fingerprint density at radius 2 is 0.264 bits per heavy atom. The first kappa shape index (κ1) is 139. The third-order valence-corrected chi connectivity index (χ3v) is 18.1. The Bertz CT molecular complexity index is 1630. The van der Waals surface area contributed by atoms with E-state index in [2.05, 4.69) is 58.5 Å². The topological polar surface area (TPSA) is 617 Å². The van der Waals surface area contributed by atoms with E-state index in [0.29, 0.717) is 5.78 Å². The van der Waals surface area contributed by atoms with Gasteiger partial charge in [-0.2, -0.15) is 0 Å². The molecule has 0 radical (unpaired) electrons. The summed E-state index contributed by atoms with van der Waals surface area (Å²) in [5, 5.41) is 35.2. The van der Waals surface area contributed by atoms with Crippen molar-refractivity contribution in [1.29, 1.82) is 0 Å². The van der Waals surface area contributed by atoms with E-state index >= 15 is 0 Å². The SMILES string of the molecule is CC(=O)CCCCCCCCCNCCCNC(C)=O.CC(=O)NCCCNCCCCCCCCN.CC(=O)NCCCNCCCCN.NCCCCCCCCCNCCCCN.NCCCCCCCCNCCCN.NCCCCCN.NCCCCN.NCCCCNCCCN.NCCCN.NCCCNCCCNCCCN. The van der Waals surface area contributed by atoms with Gasteiger partial charge in [-0.1, -0.05) is 122 Å². The highest BCUT2D eigenvalue weighted by molar-refractivity contribution is 5.75. The molecule has 0 aromatic heterocycles. The lowest BCUT2D eigenvalue weighted by atomic mass is 10.1. The average molecular weight is 1740 g/mol. The fourth-order valence-corrected chi connectivity index (χ4v) is 10.7. The lowest BCUT2D eigenvalue weighted by molar-refractivity contribution is -0.119. The Morgan fingerprint density at radius 3 is 0.438 bits per heavy atom. The molecule has 0 aliphatic carbocycles. The van der Waals surface area contributed by atoms with E-state index in [0.717, 1.165) is 338 Å². The maximum absolute atomic E-state index is 10.8. The molecule has 0 aromatic rings. The van der Waals surface area contributed by atoms with E-state index < -0.39 is 0 Å². The van der Waals surface area contributed by atoms with E-state index in [4.69, 9.17) is 91.7 Å². The molecule has 0 rings (SSSR count). The fraction of sp³-hybridized carbons (Fsp3) is 0.956. The predicted octanol–water partition coefficient (Wildman–Crippen LogP) is 5.25. The third kappa shape index (κ3) is 200. The van der Waals surface area contributed by atoms with Crippen molar-refractivity contribution in [2.45, 2.75) is 329 Å².